The predicted octanol–water partition coefficient (Wildman–Crippen LogP) is 3.23. The third-order valence-electron chi connectivity index (χ3n) is 3.66. The van der Waals surface area contributed by atoms with E-state index >= 15 is 0 Å². The highest BCUT2D eigenvalue weighted by Crippen LogP contribution is 2.30. The van der Waals surface area contributed by atoms with E-state index in [1.807, 2.05) is 30.3 Å². The van der Waals surface area contributed by atoms with E-state index in [-0.39, 0.29) is 6.10 Å². The molecule has 18 heavy (non-hydrogen) atoms. The van der Waals surface area contributed by atoms with Crippen molar-refractivity contribution in [2.45, 2.75) is 38.7 Å². The van der Waals surface area contributed by atoms with Crippen LogP contribution in [0.15, 0.2) is 30.3 Å². The van der Waals surface area contributed by atoms with Crippen LogP contribution < -0.4 is 0 Å². The van der Waals surface area contributed by atoms with Gasteiger partial charge in [-0.25, -0.2) is 0 Å². The summed E-state index contributed by atoms with van der Waals surface area (Å²) >= 11 is 0. The maximum absolute atomic E-state index is 10.2. The van der Waals surface area contributed by atoms with Crippen molar-refractivity contribution in [1.29, 1.82) is 0 Å². The van der Waals surface area contributed by atoms with E-state index in [1.54, 1.807) is 0 Å². The summed E-state index contributed by atoms with van der Waals surface area (Å²) in [5.41, 5.74) is 1.04. The fraction of sp³-hybridized carbons (Fsp3) is 0.625. The van der Waals surface area contributed by atoms with Crippen LogP contribution in [-0.2, 0) is 0 Å². The Labute approximate surface area is 111 Å². The minimum Gasteiger partial charge on any atom is -0.388 e. The zero-order valence-corrected chi connectivity index (χ0v) is 11.4. The Morgan fingerprint density at radius 1 is 1.22 bits per heavy atom. The summed E-state index contributed by atoms with van der Waals surface area (Å²) in [5, 5.41) is 10.2. The lowest BCUT2D eigenvalue weighted by Crippen LogP contribution is -2.29. The second kappa shape index (κ2) is 6.91. The summed E-state index contributed by atoms with van der Waals surface area (Å²) in [4.78, 5) is 2.52. The molecule has 1 N–H and O–H groups in total. The van der Waals surface area contributed by atoms with Crippen LogP contribution in [0.4, 0.5) is 0 Å². The van der Waals surface area contributed by atoms with Crippen molar-refractivity contribution in [3.8, 4) is 0 Å². The smallest absolute Gasteiger partial charge is 0.0802 e. The molecule has 0 aliphatic heterocycles. The molecular weight excluding hydrogens is 222 g/mol. The van der Waals surface area contributed by atoms with Gasteiger partial charge >= 0.3 is 0 Å². The van der Waals surface area contributed by atoms with Crippen molar-refractivity contribution in [2.75, 3.05) is 19.6 Å². The van der Waals surface area contributed by atoms with Crippen molar-refractivity contribution < 1.29 is 5.11 Å². The van der Waals surface area contributed by atoms with Gasteiger partial charge in [0.25, 0.3) is 0 Å². The average Bonchev–Trinajstić information content (AvgIpc) is 3.21. The number of rotatable bonds is 8. The second-order valence-electron chi connectivity index (χ2n) is 5.46. The van der Waals surface area contributed by atoms with E-state index in [2.05, 4.69) is 11.8 Å². The predicted molar refractivity (Wildman–Crippen MR) is 75.5 cm³/mol. The van der Waals surface area contributed by atoms with Gasteiger partial charge in [0, 0.05) is 13.1 Å². The van der Waals surface area contributed by atoms with Crippen molar-refractivity contribution >= 4 is 0 Å². The van der Waals surface area contributed by atoms with Gasteiger partial charge in [0.1, 0.15) is 0 Å². The molecular formula is C16H25NO. The Bertz CT molecular complexity index is 334. The van der Waals surface area contributed by atoms with Crippen LogP contribution in [0.1, 0.15) is 44.3 Å². The molecule has 0 spiro atoms. The van der Waals surface area contributed by atoms with E-state index in [9.17, 15) is 5.11 Å². The molecule has 0 amide bonds. The number of aliphatic hydroxyl groups is 1. The molecule has 1 aliphatic rings. The van der Waals surface area contributed by atoms with Gasteiger partial charge in [-0.05, 0) is 43.7 Å². The largest absolute Gasteiger partial charge is 0.388 e. The van der Waals surface area contributed by atoms with E-state index in [0.717, 1.165) is 31.0 Å². The van der Waals surface area contributed by atoms with Gasteiger partial charge in [0.05, 0.1) is 6.10 Å². The van der Waals surface area contributed by atoms with Gasteiger partial charge in [-0.1, -0.05) is 37.3 Å². The first-order chi connectivity index (χ1) is 8.79. The molecule has 1 aromatic rings. The Morgan fingerprint density at radius 3 is 2.56 bits per heavy atom. The first kappa shape index (κ1) is 13.6. The third kappa shape index (κ3) is 4.43. The number of hydrogen-bond donors (Lipinski definition) is 1. The molecule has 1 atom stereocenters. The van der Waals surface area contributed by atoms with Gasteiger partial charge in [0.15, 0.2) is 0 Å². The molecule has 2 nitrogen and oxygen atoms in total. The highest BCUT2D eigenvalue weighted by molar-refractivity contribution is 5.17. The summed E-state index contributed by atoms with van der Waals surface area (Å²) in [7, 11) is 0. The summed E-state index contributed by atoms with van der Waals surface area (Å²) in [6.45, 7) is 5.64. The average molecular weight is 247 g/mol. The lowest BCUT2D eigenvalue weighted by molar-refractivity contribution is 0.140. The zero-order valence-electron chi connectivity index (χ0n) is 11.4. The lowest BCUT2D eigenvalue weighted by Gasteiger charge is -2.23. The van der Waals surface area contributed by atoms with Crippen molar-refractivity contribution in [2.24, 2.45) is 5.92 Å². The van der Waals surface area contributed by atoms with Crippen LogP contribution in [0.25, 0.3) is 0 Å². The minimum atomic E-state index is -0.315. The maximum atomic E-state index is 10.2. The molecule has 2 heteroatoms. The fourth-order valence-corrected chi connectivity index (χ4v) is 2.42. The lowest BCUT2D eigenvalue weighted by atomic mass is 10.1. The van der Waals surface area contributed by atoms with Crippen molar-refractivity contribution in [1.82, 2.24) is 4.90 Å². The minimum absolute atomic E-state index is 0.315. The van der Waals surface area contributed by atoms with Gasteiger partial charge in [-0.3, -0.25) is 0 Å². The topological polar surface area (TPSA) is 23.5 Å². The Morgan fingerprint density at radius 2 is 1.94 bits per heavy atom. The van der Waals surface area contributed by atoms with Crippen molar-refractivity contribution in [3.63, 3.8) is 0 Å². The van der Waals surface area contributed by atoms with E-state index in [0.29, 0.717) is 0 Å². The molecule has 0 bridgehead atoms. The second-order valence-corrected chi connectivity index (χ2v) is 5.46. The molecule has 1 aliphatic carbocycles. The van der Waals surface area contributed by atoms with E-state index in [4.69, 9.17) is 0 Å². The quantitative estimate of drug-likeness (QED) is 0.762. The van der Waals surface area contributed by atoms with E-state index in [1.165, 1.54) is 25.8 Å². The van der Waals surface area contributed by atoms with Gasteiger partial charge in [-0.15, -0.1) is 0 Å². The molecule has 2 rings (SSSR count). The van der Waals surface area contributed by atoms with Crippen LogP contribution >= 0.6 is 0 Å². The molecule has 100 valence electrons. The SMILES string of the molecule is CCCN(CCC(O)c1ccccc1)CC1CC1. The van der Waals surface area contributed by atoms with Crippen molar-refractivity contribution in [3.05, 3.63) is 35.9 Å². The molecule has 1 unspecified atom stereocenters. The number of hydrogen-bond acceptors (Lipinski definition) is 2. The maximum Gasteiger partial charge on any atom is 0.0802 e. The summed E-state index contributed by atoms with van der Waals surface area (Å²) < 4.78 is 0. The third-order valence-corrected chi connectivity index (χ3v) is 3.66. The molecule has 0 aromatic heterocycles. The van der Waals surface area contributed by atoms with Crippen LogP contribution in [0.5, 0.6) is 0 Å². The molecule has 1 saturated carbocycles. The van der Waals surface area contributed by atoms with Crippen LogP contribution in [0.3, 0.4) is 0 Å². The number of benzene rings is 1. The highest BCUT2D eigenvalue weighted by Gasteiger charge is 2.24. The summed E-state index contributed by atoms with van der Waals surface area (Å²) in [5.74, 6) is 0.936. The highest BCUT2D eigenvalue weighted by atomic mass is 16.3. The fourth-order valence-electron chi connectivity index (χ4n) is 2.42. The van der Waals surface area contributed by atoms with Gasteiger partial charge in [-0.2, -0.15) is 0 Å². The molecule has 0 saturated heterocycles. The number of nitrogens with zero attached hydrogens (tertiary/aromatic N) is 1. The van der Waals surface area contributed by atoms with Gasteiger partial charge in [0.2, 0.25) is 0 Å². The zero-order chi connectivity index (χ0) is 12.8. The Kier molecular flexibility index (Phi) is 5.21. The molecule has 1 aromatic carbocycles. The molecule has 0 radical (unpaired) electrons. The first-order valence-corrected chi connectivity index (χ1v) is 7.25. The normalized spacial score (nSPS) is 17.1. The van der Waals surface area contributed by atoms with Crippen LogP contribution in [0.2, 0.25) is 0 Å². The standard InChI is InChI=1S/C16H25NO/c1-2-11-17(13-14-8-9-14)12-10-16(18)15-6-4-3-5-7-15/h3-7,14,16,18H,2,8-13H2,1H3. The Balaban J connectivity index is 1.77. The van der Waals surface area contributed by atoms with Crippen LogP contribution in [0, 0.1) is 5.92 Å². The first-order valence-electron chi connectivity index (χ1n) is 7.25. The Hall–Kier alpha value is -0.860. The van der Waals surface area contributed by atoms with Gasteiger partial charge < -0.3 is 10.0 Å². The van der Waals surface area contributed by atoms with Crippen LogP contribution in [-0.4, -0.2) is 29.6 Å². The molecule has 0 heterocycles. The monoisotopic (exact) mass is 247 g/mol. The number of aliphatic hydroxyl groups excluding tert-OH is 1. The van der Waals surface area contributed by atoms with E-state index < -0.39 is 0 Å². The molecule has 1 fully saturated rings. The summed E-state index contributed by atoms with van der Waals surface area (Å²) in [6.07, 6.45) is 4.54. The summed E-state index contributed by atoms with van der Waals surface area (Å²) in [6, 6.07) is 10.00.